The van der Waals surface area contributed by atoms with Crippen LogP contribution < -0.4 is 5.32 Å². The molecular formula is C24H25F3N2O3. The van der Waals surface area contributed by atoms with Gasteiger partial charge in [0, 0.05) is 13.1 Å². The fraction of sp³-hybridized carbons (Fsp3) is 0.417. The fourth-order valence-electron chi connectivity index (χ4n) is 5.00. The SMILES string of the molecule is CCOC(=O)c1ccccc1NC(=O)N1C[C@H]2CC(c3ccccc3C(F)(F)F)C[C@H]2C1. The number of carbonyl (C=O) groups is 2. The number of halogens is 3. The van der Waals surface area contributed by atoms with Crippen molar-refractivity contribution in [3.8, 4) is 0 Å². The smallest absolute Gasteiger partial charge is 0.416 e. The van der Waals surface area contributed by atoms with E-state index in [9.17, 15) is 22.8 Å². The van der Waals surface area contributed by atoms with Crippen LogP contribution in [0.25, 0.3) is 0 Å². The molecule has 1 aliphatic heterocycles. The molecule has 1 saturated heterocycles. The van der Waals surface area contributed by atoms with Gasteiger partial charge in [-0.15, -0.1) is 0 Å². The Morgan fingerprint density at radius 3 is 2.31 bits per heavy atom. The van der Waals surface area contributed by atoms with Crippen LogP contribution in [0.4, 0.5) is 23.7 Å². The number of benzene rings is 2. The maximum absolute atomic E-state index is 13.4. The van der Waals surface area contributed by atoms with Gasteiger partial charge < -0.3 is 15.0 Å². The molecule has 2 amide bonds. The van der Waals surface area contributed by atoms with E-state index in [1.54, 1.807) is 48.2 Å². The van der Waals surface area contributed by atoms with Crippen molar-refractivity contribution in [3.63, 3.8) is 0 Å². The summed E-state index contributed by atoms with van der Waals surface area (Å²) in [6.07, 6.45) is -3.12. The minimum absolute atomic E-state index is 0.155. The Hall–Kier alpha value is -3.03. The summed E-state index contributed by atoms with van der Waals surface area (Å²) in [4.78, 5) is 26.6. The largest absolute Gasteiger partial charge is 0.462 e. The first-order valence-electron chi connectivity index (χ1n) is 10.8. The van der Waals surface area contributed by atoms with Crippen molar-refractivity contribution in [3.05, 3.63) is 65.2 Å². The van der Waals surface area contributed by atoms with Gasteiger partial charge in [-0.1, -0.05) is 30.3 Å². The monoisotopic (exact) mass is 446 g/mol. The highest BCUT2D eigenvalue weighted by Crippen LogP contribution is 2.48. The molecule has 170 valence electrons. The molecule has 3 atom stereocenters. The highest BCUT2D eigenvalue weighted by Gasteiger charge is 2.45. The van der Waals surface area contributed by atoms with Gasteiger partial charge in [0.05, 0.1) is 23.4 Å². The van der Waals surface area contributed by atoms with E-state index in [-0.39, 0.29) is 36.0 Å². The number of fused-ring (bicyclic) bond motifs is 1. The number of nitrogens with zero attached hydrogens (tertiary/aromatic N) is 1. The summed E-state index contributed by atoms with van der Waals surface area (Å²) in [6.45, 7) is 2.92. The van der Waals surface area contributed by atoms with Crippen molar-refractivity contribution < 1.29 is 27.5 Å². The molecule has 2 aromatic carbocycles. The van der Waals surface area contributed by atoms with E-state index in [0.717, 1.165) is 6.07 Å². The van der Waals surface area contributed by atoms with Crippen LogP contribution in [-0.4, -0.2) is 36.6 Å². The number of alkyl halides is 3. The second-order valence-electron chi connectivity index (χ2n) is 8.37. The molecular weight excluding hydrogens is 421 g/mol. The molecule has 2 aromatic rings. The quantitative estimate of drug-likeness (QED) is 0.628. The third-order valence-corrected chi connectivity index (χ3v) is 6.41. The zero-order valence-electron chi connectivity index (χ0n) is 17.7. The summed E-state index contributed by atoms with van der Waals surface area (Å²) in [5, 5.41) is 2.79. The first kappa shape index (κ1) is 22.2. The molecule has 8 heteroatoms. The van der Waals surface area contributed by atoms with Crippen LogP contribution >= 0.6 is 0 Å². The normalized spacial score (nSPS) is 22.5. The van der Waals surface area contributed by atoms with E-state index in [4.69, 9.17) is 4.74 Å². The topological polar surface area (TPSA) is 58.6 Å². The van der Waals surface area contributed by atoms with Gasteiger partial charge in [0.1, 0.15) is 0 Å². The number of nitrogens with one attached hydrogen (secondary N) is 1. The predicted molar refractivity (Wildman–Crippen MR) is 113 cm³/mol. The molecule has 1 aliphatic carbocycles. The number of rotatable bonds is 4. The van der Waals surface area contributed by atoms with Gasteiger partial charge in [-0.05, 0) is 61.3 Å². The number of carbonyl (C=O) groups excluding carboxylic acids is 2. The van der Waals surface area contributed by atoms with Gasteiger partial charge in [0.2, 0.25) is 0 Å². The molecule has 2 aliphatic rings. The van der Waals surface area contributed by atoms with Crippen molar-refractivity contribution in [2.24, 2.45) is 11.8 Å². The summed E-state index contributed by atoms with van der Waals surface area (Å²) in [7, 11) is 0. The Morgan fingerprint density at radius 2 is 1.66 bits per heavy atom. The molecule has 1 N–H and O–H groups in total. The van der Waals surface area contributed by atoms with Crippen LogP contribution in [0, 0.1) is 11.8 Å². The van der Waals surface area contributed by atoms with Crippen molar-refractivity contribution in [1.29, 1.82) is 0 Å². The van der Waals surface area contributed by atoms with Gasteiger partial charge >= 0.3 is 18.2 Å². The van der Waals surface area contributed by atoms with Gasteiger partial charge in [0.25, 0.3) is 0 Å². The standard InChI is InChI=1S/C24H25F3N2O3/c1-2-32-22(30)19-8-4-6-10-21(19)28-23(31)29-13-16-11-15(12-17(16)14-29)18-7-3-5-9-20(18)24(25,26)27/h3-10,15-17H,2,11-14H2,1H3,(H,28,31)/t15?,16-,17+. The van der Waals surface area contributed by atoms with E-state index < -0.39 is 17.7 Å². The van der Waals surface area contributed by atoms with Gasteiger partial charge in [0.15, 0.2) is 0 Å². The number of hydrogen-bond donors (Lipinski definition) is 1. The Balaban J connectivity index is 1.41. The van der Waals surface area contributed by atoms with E-state index in [2.05, 4.69) is 5.32 Å². The molecule has 0 bridgehead atoms. The number of likely N-dealkylation sites (tertiary alicyclic amines) is 1. The maximum atomic E-state index is 13.4. The molecule has 32 heavy (non-hydrogen) atoms. The molecule has 2 fully saturated rings. The summed E-state index contributed by atoms with van der Waals surface area (Å²) in [6, 6.07) is 12.1. The van der Waals surface area contributed by atoms with E-state index in [1.807, 2.05) is 0 Å². The molecule has 0 radical (unpaired) electrons. The zero-order valence-corrected chi connectivity index (χ0v) is 17.7. The highest BCUT2D eigenvalue weighted by atomic mass is 19.4. The van der Waals surface area contributed by atoms with Crippen molar-refractivity contribution >= 4 is 17.7 Å². The summed E-state index contributed by atoms with van der Waals surface area (Å²) < 4.78 is 45.3. The third kappa shape index (κ3) is 4.45. The van der Waals surface area contributed by atoms with E-state index in [1.165, 1.54) is 6.07 Å². The van der Waals surface area contributed by atoms with Crippen LogP contribution in [0.15, 0.2) is 48.5 Å². The Kier molecular flexibility index (Phi) is 6.13. The number of urea groups is 1. The van der Waals surface area contributed by atoms with Gasteiger partial charge in [-0.25, -0.2) is 9.59 Å². The molecule has 5 nitrogen and oxygen atoms in total. The number of anilines is 1. The van der Waals surface area contributed by atoms with Crippen LogP contribution in [0.3, 0.4) is 0 Å². The number of esters is 1. The first-order chi connectivity index (χ1) is 15.3. The van der Waals surface area contributed by atoms with Crippen LogP contribution in [0.5, 0.6) is 0 Å². The number of para-hydroxylation sites is 1. The summed E-state index contributed by atoms with van der Waals surface area (Å²) in [5.41, 5.74) is 0.458. The van der Waals surface area contributed by atoms with Crippen LogP contribution in [-0.2, 0) is 10.9 Å². The van der Waals surface area contributed by atoms with Gasteiger partial charge in [-0.2, -0.15) is 13.2 Å². The number of hydrogen-bond acceptors (Lipinski definition) is 3. The van der Waals surface area contributed by atoms with Crippen molar-refractivity contribution in [2.75, 3.05) is 25.0 Å². The average molecular weight is 446 g/mol. The number of amides is 2. The molecule has 4 rings (SSSR count). The van der Waals surface area contributed by atoms with Crippen LogP contribution in [0.1, 0.15) is 47.2 Å². The van der Waals surface area contributed by atoms with E-state index in [0.29, 0.717) is 37.2 Å². The molecule has 1 unspecified atom stereocenters. The Labute approximate surface area is 184 Å². The lowest BCUT2D eigenvalue weighted by Gasteiger charge is -2.22. The van der Waals surface area contributed by atoms with Crippen LogP contribution in [0.2, 0.25) is 0 Å². The maximum Gasteiger partial charge on any atom is 0.416 e. The fourth-order valence-corrected chi connectivity index (χ4v) is 5.00. The first-order valence-corrected chi connectivity index (χ1v) is 10.8. The summed E-state index contributed by atoms with van der Waals surface area (Å²) in [5.74, 6) is -0.342. The van der Waals surface area contributed by atoms with Crippen molar-refractivity contribution in [2.45, 2.75) is 31.9 Å². The Bertz CT molecular complexity index is 994. The zero-order chi connectivity index (χ0) is 22.9. The molecule has 1 saturated carbocycles. The minimum Gasteiger partial charge on any atom is -0.462 e. The predicted octanol–water partition coefficient (Wildman–Crippen LogP) is 5.54. The third-order valence-electron chi connectivity index (χ3n) is 6.41. The second-order valence-corrected chi connectivity index (χ2v) is 8.37. The second kappa shape index (κ2) is 8.84. The Morgan fingerprint density at radius 1 is 1.03 bits per heavy atom. The lowest BCUT2D eigenvalue weighted by molar-refractivity contribution is -0.138. The highest BCUT2D eigenvalue weighted by molar-refractivity contribution is 6.00. The lowest BCUT2D eigenvalue weighted by atomic mass is 9.91. The minimum atomic E-state index is -4.37. The van der Waals surface area contributed by atoms with Gasteiger partial charge in [-0.3, -0.25) is 0 Å². The number of ether oxygens (including phenoxy) is 1. The molecule has 0 spiro atoms. The molecule has 0 aromatic heterocycles. The molecule has 1 heterocycles. The average Bonchev–Trinajstić information content (AvgIpc) is 3.33. The van der Waals surface area contributed by atoms with Crippen molar-refractivity contribution in [1.82, 2.24) is 4.90 Å². The summed E-state index contributed by atoms with van der Waals surface area (Å²) >= 11 is 0. The van der Waals surface area contributed by atoms with E-state index >= 15 is 0 Å². The lowest BCUT2D eigenvalue weighted by Crippen LogP contribution is -2.34.